The van der Waals surface area contributed by atoms with Crippen molar-refractivity contribution < 1.29 is 4.74 Å². The van der Waals surface area contributed by atoms with Crippen molar-refractivity contribution in [3.05, 3.63) is 59.4 Å². The van der Waals surface area contributed by atoms with Gasteiger partial charge in [0.05, 0.1) is 11.6 Å². The van der Waals surface area contributed by atoms with E-state index in [0.717, 1.165) is 31.0 Å². The zero-order chi connectivity index (χ0) is 17.9. The van der Waals surface area contributed by atoms with Gasteiger partial charge in [0.25, 0.3) is 0 Å². The Labute approximate surface area is 177 Å². The van der Waals surface area contributed by atoms with E-state index in [-0.39, 0.29) is 30.1 Å². The minimum absolute atomic E-state index is 0. The molecule has 0 aliphatic rings. The fourth-order valence-corrected chi connectivity index (χ4v) is 2.46. The Morgan fingerprint density at radius 3 is 2.62 bits per heavy atom. The number of ether oxygens (including phenoxy) is 1. The summed E-state index contributed by atoms with van der Waals surface area (Å²) in [5.74, 6) is 1.45. The SMILES string of the molecule is CCC(CNC(=NC)NCCc1ccccn1)Oc1ccccc1Cl.I. The molecule has 1 aromatic carbocycles. The van der Waals surface area contributed by atoms with Crippen molar-refractivity contribution in [2.24, 2.45) is 4.99 Å². The van der Waals surface area contributed by atoms with Crippen LogP contribution in [0.1, 0.15) is 19.0 Å². The predicted molar refractivity (Wildman–Crippen MR) is 119 cm³/mol. The summed E-state index contributed by atoms with van der Waals surface area (Å²) in [5.41, 5.74) is 1.05. The fourth-order valence-electron chi connectivity index (χ4n) is 2.28. The van der Waals surface area contributed by atoms with Gasteiger partial charge in [0, 0.05) is 31.9 Å². The van der Waals surface area contributed by atoms with Crippen molar-refractivity contribution in [1.29, 1.82) is 0 Å². The first-order valence-corrected chi connectivity index (χ1v) is 8.86. The molecule has 1 heterocycles. The zero-order valence-corrected chi connectivity index (χ0v) is 18.2. The number of benzene rings is 1. The van der Waals surface area contributed by atoms with Crippen LogP contribution in [-0.4, -0.2) is 37.2 Å². The lowest BCUT2D eigenvalue weighted by molar-refractivity contribution is 0.199. The predicted octanol–water partition coefficient (Wildman–Crippen LogP) is 3.92. The number of nitrogens with zero attached hydrogens (tertiary/aromatic N) is 2. The second-order valence-corrected chi connectivity index (χ2v) is 5.94. The van der Waals surface area contributed by atoms with Crippen LogP contribution in [0.5, 0.6) is 5.75 Å². The average Bonchev–Trinajstić information content (AvgIpc) is 2.65. The van der Waals surface area contributed by atoms with E-state index in [1.165, 1.54) is 0 Å². The first-order chi connectivity index (χ1) is 12.2. The Morgan fingerprint density at radius 1 is 1.19 bits per heavy atom. The summed E-state index contributed by atoms with van der Waals surface area (Å²) in [6, 6.07) is 13.4. The lowest BCUT2D eigenvalue weighted by Gasteiger charge is -2.20. The molecule has 1 unspecified atom stereocenters. The molecule has 7 heteroatoms. The van der Waals surface area contributed by atoms with Gasteiger partial charge in [-0.15, -0.1) is 24.0 Å². The van der Waals surface area contributed by atoms with Gasteiger partial charge < -0.3 is 15.4 Å². The van der Waals surface area contributed by atoms with E-state index in [9.17, 15) is 0 Å². The first kappa shape index (κ1) is 22.5. The summed E-state index contributed by atoms with van der Waals surface area (Å²) in [4.78, 5) is 8.55. The highest BCUT2D eigenvalue weighted by atomic mass is 127. The molecular formula is C19H26ClIN4O. The molecule has 1 aromatic heterocycles. The first-order valence-electron chi connectivity index (χ1n) is 8.48. The summed E-state index contributed by atoms with van der Waals surface area (Å²) < 4.78 is 5.98. The van der Waals surface area contributed by atoms with Gasteiger partial charge >= 0.3 is 0 Å². The van der Waals surface area contributed by atoms with Crippen molar-refractivity contribution >= 4 is 41.5 Å². The molecule has 142 valence electrons. The second-order valence-electron chi connectivity index (χ2n) is 5.53. The van der Waals surface area contributed by atoms with Gasteiger partial charge in [0.15, 0.2) is 5.96 Å². The number of aromatic nitrogens is 1. The smallest absolute Gasteiger partial charge is 0.191 e. The molecule has 26 heavy (non-hydrogen) atoms. The Bertz CT molecular complexity index is 670. The second kappa shape index (κ2) is 12.8. The van der Waals surface area contributed by atoms with Gasteiger partial charge in [0.2, 0.25) is 0 Å². The van der Waals surface area contributed by atoms with Crippen molar-refractivity contribution in [2.75, 3.05) is 20.1 Å². The molecule has 2 rings (SSSR count). The number of hydrogen-bond donors (Lipinski definition) is 2. The topological polar surface area (TPSA) is 58.5 Å². The van der Waals surface area contributed by atoms with Crippen molar-refractivity contribution in [3.8, 4) is 5.75 Å². The van der Waals surface area contributed by atoms with Crippen LogP contribution in [0.4, 0.5) is 0 Å². The minimum atomic E-state index is 0. The van der Waals surface area contributed by atoms with Gasteiger partial charge in [-0.05, 0) is 30.7 Å². The highest BCUT2D eigenvalue weighted by Crippen LogP contribution is 2.24. The third kappa shape index (κ3) is 7.78. The quantitative estimate of drug-likeness (QED) is 0.336. The van der Waals surface area contributed by atoms with Crippen LogP contribution in [0.3, 0.4) is 0 Å². The number of hydrogen-bond acceptors (Lipinski definition) is 3. The van der Waals surface area contributed by atoms with Crippen LogP contribution < -0.4 is 15.4 Å². The maximum Gasteiger partial charge on any atom is 0.191 e. The number of aliphatic imine (C=N–C) groups is 1. The molecule has 5 nitrogen and oxygen atoms in total. The molecule has 0 aliphatic heterocycles. The summed E-state index contributed by atoms with van der Waals surface area (Å²) in [5, 5.41) is 7.21. The Balaban J connectivity index is 0.00000338. The monoisotopic (exact) mass is 488 g/mol. The minimum Gasteiger partial charge on any atom is -0.487 e. The van der Waals surface area contributed by atoms with E-state index in [1.807, 2.05) is 42.5 Å². The van der Waals surface area contributed by atoms with Crippen LogP contribution in [-0.2, 0) is 6.42 Å². The van der Waals surface area contributed by atoms with Crippen molar-refractivity contribution in [1.82, 2.24) is 15.6 Å². The molecule has 0 aliphatic carbocycles. The van der Waals surface area contributed by atoms with Gasteiger partial charge in [-0.2, -0.15) is 0 Å². The highest BCUT2D eigenvalue weighted by molar-refractivity contribution is 14.0. The Hall–Kier alpha value is -1.54. The molecule has 0 fully saturated rings. The van der Waals surface area contributed by atoms with Gasteiger partial charge in [-0.25, -0.2) is 0 Å². The molecular weight excluding hydrogens is 463 g/mol. The van der Waals surface area contributed by atoms with Crippen LogP contribution in [0.25, 0.3) is 0 Å². The number of halogens is 2. The summed E-state index contributed by atoms with van der Waals surface area (Å²) in [6.45, 7) is 3.49. The van der Waals surface area contributed by atoms with Gasteiger partial charge in [-0.3, -0.25) is 9.98 Å². The van der Waals surface area contributed by atoms with E-state index in [4.69, 9.17) is 16.3 Å². The van der Waals surface area contributed by atoms with Gasteiger partial charge in [0.1, 0.15) is 11.9 Å². The zero-order valence-electron chi connectivity index (χ0n) is 15.1. The van der Waals surface area contributed by atoms with E-state index in [2.05, 4.69) is 27.5 Å². The van der Waals surface area contributed by atoms with Gasteiger partial charge in [-0.1, -0.05) is 36.7 Å². The standard InChI is InChI=1S/C19H25ClN4O.HI/c1-3-16(25-18-10-5-4-9-17(18)20)14-24-19(21-2)23-13-11-15-8-6-7-12-22-15;/h4-10,12,16H,3,11,13-14H2,1-2H3,(H2,21,23,24);1H. The van der Waals surface area contributed by atoms with Crippen LogP contribution >= 0.6 is 35.6 Å². The third-order valence-electron chi connectivity index (χ3n) is 3.71. The van der Waals surface area contributed by atoms with E-state index in [1.54, 1.807) is 13.2 Å². The van der Waals surface area contributed by atoms with Crippen LogP contribution in [0, 0.1) is 0 Å². The molecule has 0 amide bonds. The number of para-hydroxylation sites is 1. The van der Waals surface area contributed by atoms with Crippen molar-refractivity contribution in [3.63, 3.8) is 0 Å². The normalized spacial score (nSPS) is 12.0. The number of rotatable bonds is 8. The summed E-state index contributed by atoms with van der Waals surface area (Å²) in [7, 11) is 1.76. The largest absolute Gasteiger partial charge is 0.487 e. The lowest BCUT2D eigenvalue weighted by Crippen LogP contribution is -2.43. The molecule has 0 radical (unpaired) electrons. The maximum absolute atomic E-state index is 6.15. The molecule has 2 aromatic rings. The number of pyridine rings is 1. The fraction of sp³-hybridized carbons (Fsp3) is 0.368. The van der Waals surface area contributed by atoms with Crippen LogP contribution in [0.2, 0.25) is 5.02 Å². The lowest BCUT2D eigenvalue weighted by atomic mass is 10.2. The highest BCUT2D eigenvalue weighted by Gasteiger charge is 2.11. The average molecular weight is 489 g/mol. The van der Waals surface area contributed by atoms with Crippen molar-refractivity contribution in [2.45, 2.75) is 25.9 Å². The molecule has 0 bridgehead atoms. The Morgan fingerprint density at radius 2 is 1.96 bits per heavy atom. The Kier molecular flexibility index (Phi) is 11.0. The third-order valence-corrected chi connectivity index (χ3v) is 4.02. The maximum atomic E-state index is 6.15. The molecule has 2 N–H and O–H groups in total. The summed E-state index contributed by atoms with van der Waals surface area (Å²) >= 11 is 6.15. The van der Waals surface area contributed by atoms with E-state index < -0.39 is 0 Å². The van der Waals surface area contributed by atoms with E-state index >= 15 is 0 Å². The van der Waals surface area contributed by atoms with Crippen LogP contribution in [0.15, 0.2) is 53.7 Å². The number of guanidine groups is 1. The van der Waals surface area contributed by atoms with E-state index in [0.29, 0.717) is 17.3 Å². The molecule has 1 atom stereocenters. The molecule has 0 saturated heterocycles. The molecule has 0 saturated carbocycles. The summed E-state index contributed by atoms with van der Waals surface area (Å²) in [6.07, 6.45) is 3.52. The number of nitrogens with one attached hydrogen (secondary N) is 2. The molecule has 0 spiro atoms.